The molecule has 0 unspecified atom stereocenters. The van der Waals surface area contributed by atoms with Crippen molar-refractivity contribution in [2.24, 2.45) is 0 Å². The summed E-state index contributed by atoms with van der Waals surface area (Å²) >= 11 is 5.00. The van der Waals surface area contributed by atoms with Gasteiger partial charge in [0.2, 0.25) is 0 Å². The smallest absolute Gasteiger partial charge is 0.142 e. The molecule has 0 N–H and O–H groups in total. The van der Waals surface area contributed by atoms with Crippen molar-refractivity contribution in [1.29, 1.82) is 0 Å². The molecule has 0 amide bonds. The Morgan fingerprint density at radius 3 is 3.00 bits per heavy atom. The highest BCUT2D eigenvalue weighted by atomic mass is 79.9. The topological polar surface area (TPSA) is 35.0 Å². The van der Waals surface area contributed by atoms with E-state index in [0.717, 1.165) is 22.1 Å². The Kier molecular flexibility index (Phi) is 3.90. The number of alkyl halides is 1. The van der Waals surface area contributed by atoms with Crippen LogP contribution in [0.1, 0.15) is 16.4 Å². The van der Waals surface area contributed by atoms with Crippen LogP contribution in [0.15, 0.2) is 23.7 Å². The first kappa shape index (κ1) is 11.5. The van der Waals surface area contributed by atoms with Crippen LogP contribution in [0.25, 0.3) is 0 Å². The number of thiazole rings is 1. The van der Waals surface area contributed by atoms with Gasteiger partial charge in [-0.05, 0) is 19.1 Å². The van der Waals surface area contributed by atoms with Gasteiger partial charge in [-0.15, -0.1) is 11.3 Å². The number of aromatic nitrogens is 2. The third-order valence-electron chi connectivity index (χ3n) is 2.03. The predicted octanol–water partition coefficient (Wildman–Crippen LogP) is 3.32. The lowest BCUT2D eigenvalue weighted by molar-refractivity contribution is 0.301. The van der Waals surface area contributed by atoms with Crippen molar-refractivity contribution in [2.45, 2.75) is 18.9 Å². The van der Waals surface area contributed by atoms with Crippen molar-refractivity contribution in [3.05, 3.63) is 40.1 Å². The van der Waals surface area contributed by atoms with Gasteiger partial charge in [-0.25, -0.2) is 4.98 Å². The van der Waals surface area contributed by atoms with Gasteiger partial charge in [-0.1, -0.05) is 15.9 Å². The van der Waals surface area contributed by atoms with Gasteiger partial charge in [-0.2, -0.15) is 0 Å². The Bertz CT molecular complexity index is 459. The molecule has 2 aromatic heterocycles. The van der Waals surface area contributed by atoms with E-state index in [2.05, 4.69) is 25.9 Å². The first-order valence-electron chi connectivity index (χ1n) is 4.83. The fraction of sp³-hybridized carbons (Fsp3) is 0.273. The van der Waals surface area contributed by atoms with Crippen molar-refractivity contribution < 1.29 is 4.74 Å². The number of ether oxygens (including phenoxy) is 1. The van der Waals surface area contributed by atoms with Crippen molar-refractivity contribution >= 4 is 27.3 Å². The van der Waals surface area contributed by atoms with E-state index in [1.54, 1.807) is 17.5 Å². The molecule has 0 spiro atoms. The molecule has 0 atom stereocenters. The molecule has 0 saturated heterocycles. The lowest BCUT2D eigenvalue weighted by Gasteiger charge is -2.08. The van der Waals surface area contributed by atoms with Crippen molar-refractivity contribution in [3.8, 4) is 5.75 Å². The summed E-state index contributed by atoms with van der Waals surface area (Å²) in [7, 11) is 0. The molecule has 0 aliphatic carbocycles. The average Bonchev–Trinajstić information content (AvgIpc) is 2.80. The van der Waals surface area contributed by atoms with Crippen LogP contribution in [0.3, 0.4) is 0 Å². The SMILES string of the molecule is Cc1ccc(OCc2nccs2)c(CBr)n1. The zero-order valence-corrected chi connectivity index (χ0v) is 11.2. The molecule has 0 fully saturated rings. The van der Waals surface area contributed by atoms with Crippen LogP contribution in [-0.4, -0.2) is 9.97 Å². The highest BCUT2D eigenvalue weighted by Gasteiger charge is 2.05. The van der Waals surface area contributed by atoms with Crippen molar-refractivity contribution in [1.82, 2.24) is 9.97 Å². The molecule has 3 nitrogen and oxygen atoms in total. The summed E-state index contributed by atoms with van der Waals surface area (Å²) in [5, 5.41) is 3.61. The van der Waals surface area contributed by atoms with E-state index < -0.39 is 0 Å². The van der Waals surface area contributed by atoms with Crippen LogP contribution in [0, 0.1) is 6.92 Å². The molecule has 0 bridgehead atoms. The zero-order valence-electron chi connectivity index (χ0n) is 8.81. The van der Waals surface area contributed by atoms with E-state index >= 15 is 0 Å². The standard InChI is InChI=1S/C11H11BrN2OS/c1-8-2-3-10(9(6-12)14-8)15-7-11-13-4-5-16-11/h2-5H,6-7H2,1H3. The number of rotatable bonds is 4. The predicted molar refractivity (Wildman–Crippen MR) is 68.1 cm³/mol. The summed E-state index contributed by atoms with van der Waals surface area (Å²) in [5.74, 6) is 0.817. The quantitative estimate of drug-likeness (QED) is 0.812. The third kappa shape index (κ3) is 2.80. The fourth-order valence-electron chi connectivity index (χ4n) is 1.29. The van der Waals surface area contributed by atoms with E-state index in [0.29, 0.717) is 11.9 Å². The number of hydrogen-bond donors (Lipinski definition) is 0. The molecule has 84 valence electrons. The number of aryl methyl sites for hydroxylation is 1. The third-order valence-corrected chi connectivity index (χ3v) is 3.32. The molecule has 2 heterocycles. The summed E-state index contributed by atoms with van der Waals surface area (Å²) < 4.78 is 5.68. The van der Waals surface area contributed by atoms with E-state index in [4.69, 9.17) is 4.74 Å². The largest absolute Gasteiger partial charge is 0.484 e. The molecule has 0 saturated carbocycles. The Morgan fingerprint density at radius 2 is 2.31 bits per heavy atom. The number of pyridine rings is 1. The molecular formula is C11H11BrN2OS. The summed E-state index contributed by atoms with van der Waals surface area (Å²) in [6.07, 6.45) is 1.78. The summed E-state index contributed by atoms with van der Waals surface area (Å²) in [6.45, 7) is 2.47. The Morgan fingerprint density at radius 1 is 1.44 bits per heavy atom. The van der Waals surface area contributed by atoms with Gasteiger partial charge in [0.15, 0.2) is 0 Å². The zero-order chi connectivity index (χ0) is 11.4. The van der Waals surface area contributed by atoms with Crippen LogP contribution in [-0.2, 0) is 11.9 Å². The van der Waals surface area contributed by atoms with Gasteiger partial charge in [-0.3, -0.25) is 4.98 Å². The minimum Gasteiger partial charge on any atom is -0.484 e. The van der Waals surface area contributed by atoms with Gasteiger partial charge >= 0.3 is 0 Å². The van der Waals surface area contributed by atoms with Crippen LogP contribution in [0.2, 0.25) is 0 Å². The van der Waals surface area contributed by atoms with Gasteiger partial charge in [0.1, 0.15) is 17.4 Å². The minimum absolute atomic E-state index is 0.502. The normalized spacial score (nSPS) is 10.4. The van der Waals surface area contributed by atoms with Crippen LogP contribution >= 0.6 is 27.3 Å². The summed E-state index contributed by atoms with van der Waals surface area (Å²) in [6, 6.07) is 3.90. The Labute approximate surface area is 107 Å². The van der Waals surface area contributed by atoms with E-state index in [1.165, 1.54) is 0 Å². The minimum atomic E-state index is 0.502. The van der Waals surface area contributed by atoms with Gasteiger partial charge < -0.3 is 4.74 Å². The maximum atomic E-state index is 5.68. The maximum Gasteiger partial charge on any atom is 0.142 e. The van der Waals surface area contributed by atoms with E-state index in [9.17, 15) is 0 Å². The molecule has 0 aromatic carbocycles. The molecule has 2 aromatic rings. The molecule has 5 heteroatoms. The van der Waals surface area contributed by atoms with Crippen LogP contribution in [0.4, 0.5) is 0 Å². The average molecular weight is 299 g/mol. The van der Waals surface area contributed by atoms with Crippen molar-refractivity contribution in [2.75, 3.05) is 0 Å². The number of nitrogens with zero attached hydrogens (tertiary/aromatic N) is 2. The second-order valence-corrected chi connectivity index (χ2v) is 4.79. The lowest BCUT2D eigenvalue weighted by Crippen LogP contribution is -1.99. The maximum absolute atomic E-state index is 5.68. The van der Waals surface area contributed by atoms with Crippen LogP contribution < -0.4 is 4.74 Å². The first-order chi connectivity index (χ1) is 7.79. The summed E-state index contributed by atoms with van der Waals surface area (Å²) in [5.41, 5.74) is 1.92. The van der Waals surface area contributed by atoms with Gasteiger partial charge in [0.05, 0.1) is 5.69 Å². The van der Waals surface area contributed by atoms with E-state index in [1.807, 2.05) is 24.4 Å². The monoisotopic (exact) mass is 298 g/mol. The second kappa shape index (κ2) is 5.41. The first-order valence-corrected chi connectivity index (χ1v) is 6.83. The number of halogens is 1. The van der Waals surface area contributed by atoms with Crippen molar-refractivity contribution in [3.63, 3.8) is 0 Å². The fourth-order valence-corrected chi connectivity index (χ4v) is 2.22. The highest BCUT2D eigenvalue weighted by molar-refractivity contribution is 9.08. The molecule has 0 aliphatic rings. The van der Waals surface area contributed by atoms with E-state index in [-0.39, 0.29) is 0 Å². The Hall–Kier alpha value is -0.940. The second-order valence-electron chi connectivity index (χ2n) is 3.25. The molecular weight excluding hydrogens is 288 g/mol. The van der Waals surface area contributed by atoms with Gasteiger partial charge in [0.25, 0.3) is 0 Å². The Balaban J connectivity index is 2.09. The highest BCUT2D eigenvalue weighted by Crippen LogP contribution is 2.21. The summed E-state index contributed by atoms with van der Waals surface area (Å²) in [4.78, 5) is 8.57. The molecule has 0 aliphatic heterocycles. The number of hydrogen-bond acceptors (Lipinski definition) is 4. The molecule has 2 rings (SSSR count). The van der Waals surface area contributed by atoms with Gasteiger partial charge in [0, 0.05) is 22.6 Å². The molecule has 16 heavy (non-hydrogen) atoms. The molecule has 0 radical (unpaired) electrons. The lowest BCUT2D eigenvalue weighted by atomic mass is 10.3. The van der Waals surface area contributed by atoms with Crippen LogP contribution in [0.5, 0.6) is 5.75 Å².